The number of aromatic nitrogens is 5. The second kappa shape index (κ2) is 6.98. The molecule has 0 spiro atoms. The third kappa shape index (κ3) is 3.66. The van der Waals surface area contributed by atoms with Crippen molar-refractivity contribution in [3.63, 3.8) is 0 Å². The number of rotatable bonds is 4. The van der Waals surface area contributed by atoms with Crippen molar-refractivity contribution in [2.75, 3.05) is 6.54 Å². The molecule has 1 aliphatic rings. The van der Waals surface area contributed by atoms with E-state index in [4.69, 9.17) is 4.98 Å². The van der Waals surface area contributed by atoms with E-state index in [0.717, 1.165) is 37.6 Å². The summed E-state index contributed by atoms with van der Waals surface area (Å²) in [4.78, 5) is 27.8. The molecule has 4 heterocycles. The minimum Gasteiger partial charge on any atom is -0.331 e. The third-order valence-electron chi connectivity index (χ3n) is 4.39. The Hall–Kier alpha value is -2.80. The molecule has 0 saturated carbocycles. The van der Waals surface area contributed by atoms with Crippen LogP contribution in [0.1, 0.15) is 23.5 Å². The van der Waals surface area contributed by atoms with Gasteiger partial charge in [0.05, 0.1) is 25.1 Å². The fraction of sp³-hybridized carbons (Fsp3) is 0.333. The van der Waals surface area contributed by atoms with Gasteiger partial charge in [-0.25, -0.2) is 9.97 Å². The van der Waals surface area contributed by atoms with Crippen LogP contribution in [0.4, 0.5) is 0 Å². The van der Waals surface area contributed by atoms with Gasteiger partial charge in [-0.15, -0.1) is 0 Å². The SMILES string of the molecule is O=c1cc(Cn2ccnc2)nc2n1CCCN(Cc1cccnc1)C2. The molecule has 0 aromatic carbocycles. The van der Waals surface area contributed by atoms with Gasteiger partial charge in [-0.05, 0) is 18.1 Å². The number of hydrogen-bond acceptors (Lipinski definition) is 5. The molecule has 0 aliphatic carbocycles. The molecule has 7 heteroatoms. The average Bonchev–Trinajstić information content (AvgIpc) is 3.02. The molecular weight excluding hydrogens is 316 g/mol. The van der Waals surface area contributed by atoms with Crippen molar-refractivity contribution >= 4 is 0 Å². The van der Waals surface area contributed by atoms with Crippen molar-refractivity contribution in [2.24, 2.45) is 0 Å². The van der Waals surface area contributed by atoms with E-state index in [0.29, 0.717) is 13.1 Å². The molecular formula is C18H20N6O. The first kappa shape index (κ1) is 15.7. The minimum absolute atomic E-state index is 0.0309. The Balaban J connectivity index is 1.58. The van der Waals surface area contributed by atoms with Gasteiger partial charge in [-0.1, -0.05) is 6.07 Å². The molecule has 0 unspecified atom stereocenters. The molecule has 128 valence electrons. The summed E-state index contributed by atoms with van der Waals surface area (Å²) in [6.07, 6.45) is 9.95. The van der Waals surface area contributed by atoms with Crippen molar-refractivity contribution < 1.29 is 0 Å². The molecule has 1 aliphatic heterocycles. The highest BCUT2D eigenvalue weighted by molar-refractivity contribution is 5.10. The van der Waals surface area contributed by atoms with Crippen LogP contribution in [0.15, 0.2) is 54.1 Å². The summed E-state index contributed by atoms with van der Waals surface area (Å²) in [6, 6.07) is 5.67. The van der Waals surface area contributed by atoms with Gasteiger partial charge in [0.1, 0.15) is 5.82 Å². The second-order valence-electron chi connectivity index (χ2n) is 6.31. The summed E-state index contributed by atoms with van der Waals surface area (Å²) in [5, 5.41) is 0. The third-order valence-corrected chi connectivity index (χ3v) is 4.39. The average molecular weight is 336 g/mol. The zero-order chi connectivity index (χ0) is 17.1. The first-order valence-corrected chi connectivity index (χ1v) is 8.44. The van der Waals surface area contributed by atoms with Crippen LogP contribution >= 0.6 is 0 Å². The highest BCUT2D eigenvalue weighted by atomic mass is 16.1. The van der Waals surface area contributed by atoms with Gasteiger partial charge < -0.3 is 4.57 Å². The molecule has 0 bridgehead atoms. The summed E-state index contributed by atoms with van der Waals surface area (Å²) < 4.78 is 3.73. The van der Waals surface area contributed by atoms with Gasteiger partial charge in [-0.2, -0.15) is 0 Å². The van der Waals surface area contributed by atoms with Crippen LogP contribution in [-0.4, -0.2) is 35.5 Å². The normalized spacial score (nSPS) is 14.9. The topological polar surface area (TPSA) is 68.8 Å². The van der Waals surface area contributed by atoms with Gasteiger partial charge >= 0.3 is 0 Å². The van der Waals surface area contributed by atoms with Crippen LogP contribution in [0, 0.1) is 0 Å². The number of imidazole rings is 1. The van der Waals surface area contributed by atoms with E-state index in [2.05, 4.69) is 20.9 Å². The lowest BCUT2D eigenvalue weighted by molar-refractivity contribution is 0.257. The van der Waals surface area contributed by atoms with Crippen molar-refractivity contribution in [2.45, 2.75) is 32.6 Å². The number of hydrogen-bond donors (Lipinski definition) is 0. The van der Waals surface area contributed by atoms with Crippen LogP contribution in [0.25, 0.3) is 0 Å². The van der Waals surface area contributed by atoms with Crippen LogP contribution in [0.2, 0.25) is 0 Å². The van der Waals surface area contributed by atoms with Crippen molar-refractivity contribution in [3.05, 3.63) is 76.7 Å². The summed E-state index contributed by atoms with van der Waals surface area (Å²) in [6.45, 7) is 3.70. The molecule has 0 fully saturated rings. The van der Waals surface area contributed by atoms with Gasteiger partial charge in [0, 0.05) is 50.5 Å². The Kier molecular flexibility index (Phi) is 4.39. The van der Waals surface area contributed by atoms with E-state index in [-0.39, 0.29) is 5.56 Å². The highest BCUT2D eigenvalue weighted by Crippen LogP contribution is 2.13. The van der Waals surface area contributed by atoms with Crippen LogP contribution in [0.3, 0.4) is 0 Å². The van der Waals surface area contributed by atoms with Crippen LogP contribution in [0.5, 0.6) is 0 Å². The lowest BCUT2D eigenvalue weighted by Crippen LogP contribution is -2.27. The van der Waals surface area contributed by atoms with Crippen LogP contribution in [-0.2, 0) is 26.2 Å². The summed E-state index contributed by atoms with van der Waals surface area (Å²) in [5.74, 6) is 0.837. The number of pyridine rings is 1. The molecule has 4 rings (SSSR count). The molecule has 3 aromatic rings. The van der Waals surface area contributed by atoms with Gasteiger partial charge in [-0.3, -0.25) is 19.2 Å². The molecule has 0 atom stereocenters. The highest BCUT2D eigenvalue weighted by Gasteiger charge is 2.17. The smallest absolute Gasteiger partial charge is 0.253 e. The predicted octanol–water partition coefficient (Wildman–Crippen LogP) is 1.29. The molecule has 25 heavy (non-hydrogen) atoms. The fourth-order valence-electron chi connectivity index (χ4n) is 3.23. The van der Waals surface area contributed by atoms with E-state index < -0.39 is 0 Å². The summed E-state index contributed by atoms with van der Waals surface area (Å²) in [7, 11) is 0. The Bertz CT molecular complexity index is 888. The molecule has 0 N–H and O–H groups in total. The van der Waals surface area contributed by atoms with E-state index in [1.165, 1.54) is 5.56 Å². The van der Waals surface area contributed by atoms with E-state index >= 15 is 0 Å². The Morgan fingerprint density at radius 3 is 2.88 bits per heavy atom. The van der Waals surface area contributed by atoms with Gasteiger partial charge in [0.2, 0.25) is 0 Å². The number of nitrogens with zero attached hydrogens (tertiary/aromatic N) is 6. The lowest BCUT2D eigenvalue weighted by atomic mass is 10.2. The zero-order valence-electron chi connectivity index (χ0n) is 14.0. The Morgan fingerprint density at radius 1 is 1.12 bits per heavy atom. The first-order chi connectivity index (χ1) is 12.3. The van der Waals surface area contributed by atoms with Crippen molar-refractivity contribution in [1.29, 1.82) is 0 Å². The zero-order valence-corrected chi connectivity index (χ0v) is 14.0. The fourth-order valence-corrected chi connectivity index (χ4v) is 3.23. The largest absolute Gasteiger partial charge is 0.331 e. The van der Waals surface area contributed by atoms with E-state index in [9.17, 15) is 4.79 Å². The van der Waals surface area contributed by atoms with E-state index in [1.54, 1.807) is 29.4 Å². The molecule has 7 nitrogen and oxygen atoms in total. The maximum absolute atomic E-state index is 12.5. The standard InChI is InChI=1S/C18H20N6O/c25-18-9-16(12-23-8-5-20-14-23)21-17-13-22(6-2-7-24(17)18)11-15-3-1-4-19-10-15/h1,3-5,8-10,14H,2,6-7,11-13H2. The number of fused-ring (bicyclic) bond motifs is 1. The maximum atomic E-state index is 12.5. The summed E-state index contributed by atoms with van der Waals surface area (Å²) >= 11 is 0. The minimum atomic E-state index is 0.0309. The summed E-state index contributed by atoms with van der Waals surface area (Å²) in [5.41, 5.74) is 1.98. The Morgan fingerprint density at radius 2 is 2.08 bits per heavy atom. The predicted molar refractivity (Wildman–Crippen MR) is 92.8 cm³/mol. The van der Waals surface area contributed by atoms with Crippen molar-refractivity contribution in [3.8, 4) is 0 Å². The first-order valence-electron chi connectivity index (χ1n) is 8.44. The van der Waals surface area contributed by atoms with Crippen molar-refractivity contribution in [1.82, 2.24) is 29.0 Å². The monoisotopic (exact) mass is 336 g/mol. The van der Waals surface area contributed by atoms with E-state index in [1.807, 2.05) is 23.0 Å². The molecule has 0 radical (unpaired) electrons. The molecule has 3 aromatic heterocycles. The second-order valence-corrected chi connectivity index (χ2v) is 6.31. The van der Waals surface area contributed by atoms with Gasteiger partial charge in [0.25, 0.3) is 5.56 Å². The quantitative estimate of drug-likeness (QED) is 0.718. The van der Waals surface area contributed by atoms with Gasteiger partial charge in [0.15, 0.2) is 0 Å². The Labute approximate surface area is 145 Å². The van der Waals surface area contributed by atoms with Crippen LogP contribution < -0.4 is 5.56 Å². The molecule has 0 amide bonds. The lowest BCUT2D eigenvalue weighted by Gasteiger charge is -2.19. The molecule has 0 saturated heterocycles. The maximum Gasteiger partial charge on any atom is 0.253 e.